The first-order chi connectivity index (χ1) is 6.92. The van der Waals surface area contributed by atoms with Crippen molar-refractivity contribution in [2.24, 2.45) is 8.80 Å². The zero-order chi connectivity index (χ0) is 12.8. The Morgan fingerprint density at radius 2 is 1.19 bits per heavy atom. The highest BCUT2D eigenvalue weighted by molar-refractivity contribution is 7.89. The minimum Gasteiger partial charge on any atom is -0.418 e. The van der Waals surface area contributed by atoms with Gasteiger partial charge in [0.1, 0.15) is 0 Å². The van der Waals surface area contributed by atoms with Crippen LogP contribution in [0.2, 0.25) is 0 Å². The zero-order valence-corrected chi connectivity index (χ0v) is 12.1. The number of nitrogens with zero attached hydrogens (tertiary/aromatic N) is 2. The van der Waals surface area contributed by atoms with E-state index >= 15 is 0 Å². The van der Waals surface area contributed by atoms with Crippen LogP contribution in [0.3, 0.4) is 0 Å². The molecule has 0 aromatic rings. The highest BCUT2D eigenvalue weighted by atomic mass is 35.6. The van der Waals surface area contributed by atoms with Crippen LogP contribution in [0.25, 0.3) is 0 Å². The molecular formula is C4Cl6N2O3S. The maximum atomic E-state index is 11.2. The largest absolute Gasteiger partial charge is 0.418 e. The van der Waals surface area contributed by atoms with Gasteiger partial charge in [0.25, 0.3) is 19.4 Å². The summed E-state index contributed by atoms with van der Waals surface area (Å²) in [5.74, 6) is -1.54. The summed E-state index contributed by atoms with van der Waals surface area (Å²) >= 11 is 32.3. The molecule has 1 aliphatic rings. The molecule has 12 heteroatoms. The van der Waals surface area contributed by atoms with Crippen LogP contribution in [0.4, 0.5) is 0 Å². The van der Waals surface area contributed by atoms with Crippen LogP contribution in [-0.2, 0) is 14.9 Å². The average molecular weight is 369 g/mol. The van der Waals surface area contributed by atoms with Crippen molar-refractivity contribution in [1.82, 2.24) is 0 Å². The lowest BCUT2D eigenvalue weighted by molar-refractivity contribution is 0.514. The molecule has 5 nitrogen and oxygen atoms in total. The molecule has 0 amide bonds. The van der Waals surface area contributed by atoms with E-state index in [1.807, 2.05) is 0 Å². The smallest absolute Gasteiger partial charge is 0.369 e. The lowest BCUT2D eigenvalue weighted by Crippen LogP contribution is -2.35. The molecule has 1 rings (SSSR count). The lowest BCUT2D eigenvalue weighted by Gasteiger charge is -2.21. The third-order valence-electron chi connectivity index (χ3n) is 1.07. The van der Waals surface area contributed by atoms with Gasteiger partial charge in [-0.25, -0.2) is 0 Å². The van der Waals surface area contributed by atoms with E-state index in [0.29, 0.717) is 0 Å². The summed E-state index contributed by atoms with van der Waals surface area (Å²) in [7, 11) is -4.30. The fourth-order valence-electron chi connectivity index (χ4n) is 0.578. The molecule has 0 saturated heterocycles. The maximum Gasteiger partial charge on any atom is 0.369 e. The minimum absolute atomic E-state index is 0.770. The van der Waals surface area contributed by atoms with Crippen LogP contribution >= 0.6 is 69.6 Å². The molecule has 0 aromatic heterocycles. The third kappa shape index (κ3) is 3.94. The zero-order valence-electron chi connectivity index (χ0n) is 6.80. The van der Waals surface area contributed by atoms with Crippen LogP contribution in [0.15, 0.2) is 8.80 Å². The molecule has 0 aliphatic carbocycles. The normalized spacial score (nSPS) is 20.9. The second-order valence-corrected chi connectivity index (χ2v) is 8.16. The molecule has 1 aliphatic heterocycles. The number of ether oxygens (including phenoxy) is 1. The van der Waals surface area contributed by atoms with Crippen LogP contribution in [0.5, 0.6) is 0 Å². The van der Waals surface area contributed by atoms with Gasteiger partial charge in [0.15, 0.2) is 0 Å². The van der Waals surface area contributed by atoms with Gasteiger partial charge in [-0.2, -0.15) is 8.42 Å². The molecule has 16 heavy (non-hydrogen) atoms. The molecule has 0 bridgehead atoms. The summed E-state index contributed by atoms with van der Waals surface area (Å²) in [4.78, 5) is 0. The van der Waals surface area contributed by atoms with Crippen molar-refractivity contribution >= 4 is 91.6 Å². The molecular weight excluding hydrogens is 369 g/mol. The molecule has 0 radical (unpaired) electrons. The predicted octanol–water partition coefficient (Wildman–Crippen LogP) is 2.80. The number of hydrogen-bond acceptors (Lipinski definition) is 3. The SMILES string of the molecule is O=S1(=O)N=C(C(Cl)(Cl)Cl)OC(C(Cl)(Cl)Cl)=N1. The van der Waals surface area contributed by atoms with Crippen molar-refractivity contribution in [1.29, 1.82) is 0 Å². The van der Waals surface area contributed by atoms with Crippen LogP contribution in [0.1, 0.15) is 0 Å². The molecule has 0 N–H and O–H groups in total. The minimum atomic E-state index is -4.30. The van der Waals surface area contributed by atoms with E-state index in [4.69, 9.17) is 69.6 Å². The number of halogens is 6. The summed E-state index contributed by atoms with van der Waals surface area (Å²) in [6, 6.07) is 0. The van der Waals surface area contributed by atoms with E-state index in [0.717, 1.165) is 0 Å². The second-order valence-electron chi connectivity index (χ2n) is 2.34. The Bertz CT molecular complexity index is 421. The molecule has 0 unspecified atom stereocenters. The van der Waals surface area contributed by atoms with Crippen LogP contribution < -0.4 is 0 Å². The number of alkyl halides is 6. The lowest BCUT2D eigenvalue weighted by atomic mass is 10.7. The first-order valence-electron chi connectivity index (χ1n) is 3.19. The monoisotopic (exact) mass is 366 g/mol. The summed E-state index contributed by atoms with van der Waals surface area (Å²) < 4.78 is 28.5. The third-order valence-corrected chi connectivity index (χ3v) is 2.84. The Labute approximate surface area is 120 Å². The first kappa shape index (κ1) is 14.9. The molecule has 0 fully saturated rings. The molecule has 0 atom stereocenters. The fraction of sp³-hybridized carbons (Fsp3) is 0.500. The summed E-state index contributed by atoms with van der Waals surface area (Å²) in [6.07, 6.45) is 0. The standard InChI is InChI=1S/C4Cl6N2O3S/c5-3(6,7)1-11-16(13,14)12-2(15-1)4(8,9)10. The predicted molar refractivity (Wildman–Crippen MR) is 65.5 cm³/mol. The van der Waals surface area contributed by atoms with E-state index < -0.39 is 29.6 Å². The highest BCUT2D eigenvalue weighted by Gasteiger charge is 2.42. The Kier molecular flexibility index (Phi) is 4.18. The van der Waals surface area contributed by atoms with Gasteiger partial charge < -0.3 is 4.74 Å². The van der Waals surface area contributed by atoms with Crippen molar-refractivity contribution in [3.63, 3.8) is 0 Å². The van der Waals surface area contributed by atoms with Gasteiger partial charge in [0, 0.05) is 0 Å². The Balaban J connectivity index is 3.22. The summed E-state index contributed by atoms with van der Waals surface area (Å²) in [5.41, 5.74) is 0. The summed E-state index contributed by atoms with van der Waals surface area (Å²) in [5, 5.41) is 0. The van der Waals surface area contributed by atoms with Gasteiger partial charge in [-0.15, -0.1) is 8.80 Å². The highest BCUT2D eigenvalue weighted by Crippen LogP contribution is 2.35. The fourth-order valence-corrected chi connectivity index (χ4v) is 2.17. The van der Waals surface area contributed by atoms with Gasteiger partial charge in [0.05, 0.1) is 0 Å². The molecule has 1 heterocycles. The number of hydrogen-bond donors (Lipinski definition) is 0. The van der Waals surface area contributed by atoms with Gasteiger partial charge in [-0.1, -0.05) is 69.6 Å². The van der Waals surface area contributed by atoms with Crippen LogP contribution in [-0.4, -0.2) is 27.8 Å². The average Bonchev–Trinajstić information content (AvgIpc) is 1.97. The van der Waals surface area contributed by atoms with Gasteiger partial charge in [0.2, 0.25) is 0 Å². The molecule has 0 spiro atoms. The van der Waals surface area contributed by atoms with Crippen molar-refractivity contribution in [3.8, 4) is 0 Å². The number of rotatable bonds is 0. The second kappa shape index (κ2) is 4.50. The Morgan fingerprint density at radius 3 is 1.44 bits per heavy atom. The van der Waals surface area contributed by atoms with E-state index in [2.05, 4.69) is 13.5 Å². The van der Waals surface area contributed by atoms with E-state index in [1.165, 1.54) is 0 Å². The van der Waals surface area contributed by atoms with E-state index in [-0.39, 0.29) is 0 Å². The van der Waals surface area contributed by atoms with Gasteiger partial charge >= 0.3 is 10.2 Å². The van der Waals surface area contributed by atoms with Crippen molar-refractivity contribution in [3.05, 3.63) is 0 Å². The van der Waals surface area contributed by atoms with E-state index in [1.54, 1.807) is 0 Å². The van der Waals surface area contributed by atoms with Gasteiger partial charge in [-0.05, 0) is 0 Å². The van der Waals surface area contributed by atoms with Crippen LogP contribution in [0, 0.1) is 0 Å². The Morgan fingerprint density at radius 1 is 0.875 bits per heavy atom. The van der Waals surface area contributed by atoms with Gasteiger partial charge in [-0.3, -0.25) is 0 Å². The maximum absolute atomic E-state index is 11.2. The topological polar surface area (TPSA) is 68.1 Å². The quantitative estimate of drug-likeness (QED) is 0.617. The molecule has 0 aromatic carbocycles. The molecule has 92 valence electrons. The van der Waals surface area contributed by atoms with Crippen molar-refractivity contribution in [2.45, 2.75) is 7.59 Å². The molecule has 0 saturated carbocycles. The Hall–Kier alpha value is 0.830. The van der Waals surface area contributed by atoms with Crippen molar-refractivity contribution < 1.29 is 13.2 Å². The first-order valence-corrected chi connectivity index (χ1v) is 6.85. The van der Waals surface area contributed by atoms with E-state index in [9.17, 15) is 8.42 Å². The van der Waals surface area contributed by atoms with Crippen molar-refractivity contribution in [2.75, 3.05) is 0 Å². The summed E-state index contributed by atoms with van der Waals surface area (Å²) in [6.45, 7) is 0.